The van der Waals surface area contributed by atoms with Gasteiger partial charge in [0.2, 0.25) is 11.8 Å². The third-order valence-electron chi connectivity index (χ3n) is 4.16. The maximum absolute atomic E-state index is 12.4. The second kappa shape index (κ2) is 7.71. The molecule has 4 rings (SSSR count). The molecule has 0 saturated carbocycles. The predicted octanol–water partition coefficient (Wildman–Crippen LogP) is 2.49. The average Bonchev–Trinajstić information content (AvgIpc) is 3.10. The van der Waals surface area contributed by atoms with E-state index in [1.165, 1.54) is 11.8 Å². The normalized spacial score (nSPS) is 14.2. The lowest BCUT2D eigenvalue weighted by atomic mass is 10.2. The van der Waals surface area contributed by atoms with Crippen molar-refractivity contribution in [3.8, 4) is 0 Å². The van der Waals surface area contributed by atoms with Crippen LogP contribution in [0.3, 0.4) is 0 Å². The fourth-order valence-corrected chi connectivity index (χ4v) is 3.56. The van der Waals surface area contributed by atoms with Crippen LogP contribution in [0.25, 0.3) is 11.1 Å². The summed E-state index contributed by atoms with van der Waals surface area (Å²) in [6.07, 6.45) is 0. The lowest BCUT2D eigenvalue weighted by molar-refractivity contribution is -0.120. The summed E-state index contributed by atoms with van der Waals surface area (Å²) in [5, 5.41) is 6.19. The maximum Gasteiger partial charge on any atom is 0.257 e. The maximum atomic E-state index is 12.4. The first-order valence-corrected chi connectivity index (χ1v) is 9.56. The smallest absolute Gasteiger partial charge is 0.257 e. The highest BCUT2D eigenvalue weighted by atomic mass is 32.2. The number of hydrogen-bond donors (Lipinski definition) is 2. The van der Waals surface area contributed by atoms with Gasteiger partial charge in [-0.05, 0) is 24.3 Å². The number of oxazole rings is 1. The van der Waals surface area contributed by atoms with Crippen molar-refractivity contribution < 1.29 is 14.0 Å². The molecule has 3 aromatic rings. The molecule has 2 aromatic carbocycles. The molecule has 0 radical (unpaired) electrons. The van der Waals surface area contributed by atoms with Crippen LogP contribution in [0.2, 0.25) is 0 Å². The van der Waals surface area contributed by atoms with E-state index in [4.69, 9.17) is 4.42 Å². The summed E-state index contributed by atoms with van der Waals surface area (Å²) < 4.78 is 5.62. The molecule has 1 aromatic heterocycles. The van der Waals surface area contributed by atoms with Crippen molar-refractivity contribution >= 4 is 46.1 Å². The van der Waals surface area contributed by atoms with Crippen molar-refractivity contribution in [1.29, 1.82) is 0 Å². The van der Waals surface area contributed by atoms with Gasteiger partial charge in [0.1, 0.15) is 5.52 Å². The first kappa shape index (κ1) is 17.4. The predicted molar refractivity (Wildman–Crippen MR) is 105 cm³/mol. The van der Waals surface area contributed by atoms with E-state index in [2.05, 4.69) is 15.6 Å². The third kappa shape index (κ3) is 4.06. The number of carbonyl (C=O) groups is 2. The molecular formula is C19H18N4O3S. The van der Waals surface area contributed by atoms with E-state index in [1.54, 1.807) is 0 Å². The number of benzene rings is 2. The topological polar surface area (TPSA) is 87.5 Å². The summed E-state index contributed by atoms with van der Waals surface area (Å²) in [6, 6.07) is 15.0. The van der Waals surface area contributed by atoms with Gasteiger partial charge in [0.25, 0.3) is 5.22 Å². The van der Waals surface area contributed by atoms with Crippen molar-refractivity contribution in [1.82, 2.24) is 10.3 Å². The van der Waals surface area contributed by atoms with Crippen LogP contribution < -0.4 is 15.5 Å². The van der Waals surface area contributed by atoms with E-state index in [9.17, 15) is 9.59 Å². The van der Waals surface area contributed by atoms with Crippen LogP contribution in [0.5, 0.6) is 0 Å². The van der Waals surface area contributed by atoms with E-state index < -0.39 is 0 Å². The highest BCUT2D eigenvalue weighted by molar-refractivity contribution is 7.99. The Balaban J connectivity index is 1.41. The average molecular weight is 382 g/mol. The molecule has 0 atom stereocenters. The Hall–Kier alpha value is -3.00. The van der Waals surface area contributed by atoms with Gasteiger partial charge < -0.3 is 20.0 Å². The molecule has 1 saturated heterocycles. The highest BCUT2D eigenvalue weighted by Gasteiger charge is 2.19. The molecule has 8 heteroatoms. The first-order valence-electron chi connectivity index (χ1n) is 8.58. The molecule has 2 amide bonds. The highest BCUT2D eigenvalue weighted by Crippen LogP contribution is 2.27. The lowest BCUT2D eigenvalue weighted by Gasteiger charge is -2.30. The van der Waals surface area contributed by atoms with Gasteiger partial charge in [-0.2, -0.15) is 0 Å². The Morgan fingerprint density at radius 2 is 2.04 bits per heavy atom. The fourth-order valence-electron chi connectivity index (χ4n) is 2.93. The standard InChI is InChI=1S/C19H18N4O3S/c24-17-11-23(10-9-20-17)15-7-3-1-5-13(15)21-18(25)12-27-19-22-14-6-2-4-8-16(14)26-19/h1-8H,9-12H2,(H,20,24)(H,21,25). The van der Waals surface area contributed by atoms with Crippen LogP contribution in [-0.4, -0.2) is 42.2 Å². The zero-order valence-electron chi connectivity index (χ0n) is 14.5. The van der Waals surface area contributed by atoms with E-state index in [1.807, 2.05) is 53.4 Å². The Bertz CT molecular complexity index is 955. The Morgan fingerprint density at radius 3 is 2.89 bits per heavy atom. The summed E-state index contributed by atoms with van der Waals surface area (Å²) >= 11 is 1.25. The van der Waals surface area contributed by atoms with Gasteiger partial charge in [-0.25, -0.2) is 4.98 Å². The SMILES string of the molecule is O=C1CN(c2ccccc2NC(=O)CSc2nc3ccccc3o2)CCN1. The second-order valence-electron chi connectivity index (χ2n) is 6.07. The molecule has 7 nitrogen and oxygen atoms in total. The van der Waals surface area contributed by atoms with Gasteiger partial charge in [0.05, 0.1) is 23.7 Å². The van der Waals surface area contributed by atoms with Crippen molar-refractivity contribution in [2.24, 2.45) is 0 Å². The number of para-hydroxylation sites is 4. The zero-order chi connectivity index (χ0) is 18.6. The number of amides is 2. The van der Waals surface area contributed by atoms with Crippen molar-refractivity contribution in [2.45, 2.75) is 5.22 Å². The van der Waals surface area contributed by atoms with Gasteiger partial charge >= 0.3 is 0 Å². The summed E-state index contributed by atoms with van der Waals surface area (Å²) in [5.41, 5.74) is 3.01. The molecule has 0 unspecified atom stereocenters. The molecule has 0 aliphatic carbocycles. The minimum absolute atomic E-state index is 0.0195. The molecular weight excluding hydrogens is 364 g/mol. The van der Waals surface area contributed by atoms with Gasteiger partial charge in [0, 0.05) is 13.1 Å². The number of nitrogens with zero attached hydrogens (tertiary/aromatic N) is 2. The van der Waals surface area contributed by atoms with Gasteiger partial charge in [-0.15, -0.1) is 0 Å². The number of carbonyl (C=O) groups excluding carboxylic acids is 2. The minimum Gasteiger partial charge on any atom is -0.431 e. The zero-order valence-corrected chi connectivity index (χ0v) is 15.3. The summed E-state index contributed by atoms with van der Waals surface area (Å²) in [7, 11) is 0. The number of piperazine rings is 1. The largest absolute Gasteiger partial charge is 0.431 e. The monoisotopic (exact) mass is 382 g/mol. The van der Waals surface area contributed by atoms with Crippen LogP contribution in [0.1, 0.15) is 0 Å². The molecule has 2 heterocycles. The Kier molecular flexibility index (Phi) is 4.97. The number of hydrogen-bond acceptors (Lipinski definition) is 6. The number of anilines is 2. The van der Waals surface area contributed by atoms with Gasteiger partial charge in [-0.3, -0.25) is 9.59 Å². The lowest BCUT2D eigenvalue weighted by Crippen LogP contribution is -2.47. The number of rotatable bonds is 5. The number of nitrogens with one attached hydrogen (secondary N) is 2. The summed E-state index contributed by atoms with van der Waals surface area (Å²) in [5.74, 6) is 0.00632. The first-order chi connectivity index (χ1) is 13.2. The van der Waals surface area contributed by atoms with Crippen LogP contribution in [0.15, 0.2) is 58.2 Å². The van der Waals surface area contributed by atoms with Crippen molar-refractivity contribution in [3.05, 3.63) is 48.5 Å². The van der Waals surface area contributed by atoms with E-state index in [-0.39, 0.29) is 24.1 Å². The van der Waals surface area contributed by atoms with Crippen molar-refractivity contribution in [2.75, 3.05) is 35.6 Å². The van der Waals surface area contributed by atoms with E-state index >= 15 is 0 Å². The molecule has 1 aliphatic heterocycles. The quantitative estimate of drug-likeness (QED) is 0.660. The molecule has 1 fully saturated rings. The number of thioether (sulfide) groups is 1. The fraction of sp³-hybridized carbons (Fsp3) is 0.211. The van der Waals surface area contributed by atoms with Crippen LogP contribution in [0.4, 0.5) is 11.4 Å². The van der Waals surface area contributed by atoms with Gasteiger partial charge in [0.15, 0.2) is 5.58 Å². The van der Waals surface area contributed by atoms with Gasteiger partial charge in [-0.1, -0.05) is 36.0 Å². The molecule has 27 heavy (non-hydrogen) atoms. The molecule has 2 N–H and O–H groups in total. The second-order valence-corrected chi connectivity index (χ2v) is 7.00. The molecule has 1 aliphatic rings. The van der Waals surface area contributed by atoms with Crippen LogP contribution in [0, 0.1) is 0 Å². The summed E-state index contributed by atoms with van der Waals surface area (Å²) in [6.45, 7) is 1.58. The Morgan fingerprint density at radius 1 is 1.22 bits per heavy atom. The van der Waals surface area contributed by atoms with Crippen LogP contribution in [-0.2, 0) is 9.59 Å². The number of aromatic nitrogens is 1. The summed E-state index contributed by atoms with van der Waals surface area (Å²) in [4.78, 5) is 30.4. The molecule has 0 bridgehead atoms. The van der Waals surface area contributed by atoms with Crippen LogP contribution >= 0.6 is 11.8 Å². The van der Waals surface area contributed by atoms with E-state index in [0.29, 0.717) is 29.6 Å². The Labute approximate surface area is 160 Å². The molecule has 138 valence electrons. The third-order valence-corrected chi connectivity index (χ3v) is 4.99. The minimum atomic E-state index is -0.156. The molecule has 0 spiro atoms. The van der Waals surface area contributed by atoms with Crippen molar-refractivity contribution in [3.63, 3.8) is 0 Å². The van der Waals surface area contributed by atoms with E-state index in [0.717, 1.165) is 11.2 Å². The number of fused-ring (bicyclic) bond motifs is 1.